The van der Waals surface area contributed by atoms with Gasteiger partial charge in [0, 0.05) is 0 Å². The molecule has 106 valence electrons. The molecule has 0 saturated heterocycles. The first-order valence-corrected chi connectivity index (χ1v) is 7.69. The summed E-state index contributed by atoms with van der Waals surface area (Å²) in [6.07, 6.45) is 7.97. The normalized spacial score (nSPS) is 11.3. The molecule has 0 fully saturated rings. The number of halogens is 2. The molecule has 0 radical (unpaired) electrons. The van der Waals surface area contributed by atoms with Gasteiger partial charge in [-0.05, 0) is 19.3 Å². The Labute approximate surface area is 131 Å². The smallest absolute Gasteiger partial charge is 0.0924 e. The lowest BCUT2D eigenvalue weighted by molar-refractivity contribution is -0.926. The minimum absolute atomic E-state index is 0. The van der Waals surface area contributed by atoms with Crippen LogP contribution in [-0.4, -0.2) is 36.5 Å². The summed E-state index contributed by atoms with van der Waals surface area (Å²) < 4.78 is 1.28. The van der Waals surface area contributed by atoms with Crippen LogP contribution in [0.1, 0.15) is 59.3 Å². The second kappa shape index (κ2) is 13.4. The van der Waals surface area contributed by atoms with Crippen molar-refractivity contribution < 1.29 is 28.5 Å². The van der Waals surface area contributed by atoms with Crippen molar-refractivity contribution in [2.75, 3.05) is 32.1 Å². The van der Waals surface area contributed by atoms with Gasteiger partial charge in [0.15, 0.2) is 0 Å². The van der Waals surface area contributed by atoms with Gasteiger partial charge in [-0.2, -0.15) is 0 Å². The summed E-state index contributed by atoms with van der Waals surface area (Å²) in [6.45, 7) is 12.0. The number of nitrogens with zero attached hydrogens (tertiary/aromatic N) is 1. The van der Waals surface area contributed by atoms with E-state index in [0.29, 0.717) is 0 Å². The molecular formula is C14H31ClIN. The summed E-state index contributed by atoms with van der Waals surface area (Å²) in [7, 11) is 0. The van der Waals surface area contributed by atoms with Crippen molar-refractivity contribution in [1.82, 2.24) is 0 Å². The Morgan fingerprint density at radius 1 is 0.706 bits per heavy atom. The van der Waals surface area contributed by atoms with Gasteiger partial charge >= 0.3 is 0 Å². The minimum atomic E-state index is 0. The van der Waals surface area contributed by atoms with E-state index in [1.54, 1.807) is 0 Å². The van der Waals surface area contributed by atoms with Crippen LogP contribution in [-0.2, 0) is 0 Å². The fraction of sp³-hybridized carbons (Fsp3) is 1.00. The van der Waals surface area contributed by atoms with Crippen LogP contribution in [0.4, 0.5) is 0 Å². The van der Waals surface area contributed by atoms with Crippen molar-refractivity contribution in [3.05, 3.63) is 0 Å². The summed E-state index contributed by atoms with van der Waals surface area (Å²) in [5.74, 6) is 0.817. The summed E-state index contributed by atoms with van der Waals surface area (Å²) in [4.78, 5) is 0. The van der Waals surface area contributed by atoms with Crippen molar-refractivity contribution in [3.8, 4) is 0 Å². The highest BCUT2D eigenvalue weighted by Crippen LogP contribution is 2.14. The van der Waals surface area contributed by atoms with Gasteiger partial charge in [0.05, 0.1) is 32.1 Å². The highest BCUT2D eigenvalue weighted by Gasteiger charge is 2.24. The molecule has 0 amide bonds. The van der Waals surface area contributed by atoms with Gasteiger partial charge in [0.2, 0.25) is 0 Å². The zero-order valence-electron chi connectivity index (χ0n) is 12.0. The number of unbranched alkanes of at least 4 members (excludes halogenated alkanes) is 3. The van der Waals surface area contributed by atoms with Gasteiger partial charge in [-0.25, -0.2) is 0 Å². The predicted molar refractivity (Wildman–Crippen MR) is 75.2 cm³/mol. The Bertz CT molecular complexity index is 131. The molecule has 3 heteroatoms. The van der Waals surface area contributed by atoms with Crippen molar-refractivity contribution in [1.29, 1.82) is 0 Å². The quantitative estimate of drug-likeness (QED) is 0.291. The lowest BCUT2D eigenvalue weighted by Crippen LogP contribution is -3.00. The van der Waals surface area contributed by atoms with Crippen LogP contribution in [0, 0.1) is 0 Å². The Balaban J connectivity index is 0. The molecule has 0 bridgehead atoms. The summed E-state index contributed by atoms with van der Waals surface area (Å²) in [5, 5.41) is 0. The fourth-order valence-corrected chi connectivity index (χ4v) is 2.69. The van der Waals surface area contributed by atoms with Gasteiger partial charge in [-0.3, -0.25) is 0 Å². The van der Waals surface area contributed by atoms with E-state index in [1.807, 2.05) is 0 Å². The highest BCUT2D eigenvalue weighted by molar-refractivity contribution is 6.17. The molecule has 0 rings (SSSR count). The Morgan fingerprint density at radius 3 is 1.29 bits per heavy atom. The van der Waals surface area contributed by atoms with Gasteiger partial charge in [0.1, 0.15) is 0 Å². The standard InChI is InChI=1S/C14H31ClN.HI/c1-4-7-11-16(14-10-15,12-8-5-2)13-9-6-3;/h4-14H2,1-3H3;1H/q+1;/p-1. The maximum Gasteiger partial charge on any atom is 0.0924 e. The molecule has 0 unspecified atom stereocenters. The zero-order valence-corrected chi connectivity index (χ0v) is 14.9. The number of hydrogen-bond donors (Lipinski definition) is 0. The topological polar surface area (TPSA) is 0 Å². The highest BCUT2D eigenvalue weighted by atomic mass is 127. The third kappa shape index (κ3) is 9.54. The molecule has 17 heavy (non-hydrogen) atoms. The third-order valence-electron chi connectivity index (χ3n) is 3.52. The lowest BCUT2D eigenvalue weighted by Gasteiger charge is -2.38. The van der Waals surface area contributed by atoms with E-state index in [0.717, 1.165) is 5.88 Å². The average Bonchev–Trinajstić information content (AvgIpc) is 2.31. The van der Waals surface area contributed by atoms with E-state index >= 15 is 0 Å². The molecule has 1 nitrogen and oxygen atoms in total. The first-order chi connectivity index (χ1) is 7.74. The average molecular weight is 376 g/mol. The van der Waals surface area contributed by atoms with E-state index < -0.39 is 0 Å². The molecule has 0 saturated carbocycles. The molecule has 0 aromatic rings. The molecule has 0 spiro atoms. The van der Waals surface area contributed by atoms with Crippen LogP contribution in [0.25, 0.3) is 0 Å². The molecule has 0 aliphatic carbocycles. The number of rotatable bonds is 11. The Hall–Kier alpha value is 0.980. The maximum atomic E-state index is 6.01. The molecule has 0 aliphatic heterocycles. The van der Waals surface area contributed by atoms with E-state index in [4.69, 9.17) is 11.6 Å². The van der Waals surface area contributed by atoms with E-state index in [-0.39, 0.29) is 24.0 Å². The first kappa shape index (κ1) is 20.3. The van der Waals surface area contributed by atoms with Crippen molar-refractivity contribution >= 4 is 11.6 Å². The molecule has 0 aliphatic rings. The minimum Gasteiger partial charge on any atom is -1.00 e. The van der Waals surface area contributed by atoms with Crippen LogP contribution in [0.2, 0.25) is 0 Å². The van der Waals surface area contributed by atoms with Gasteiger partial charge in [-0.1, -0.05) is 40.0 Å². The number of quaternary nitrogens is 1. The van der Waals surface area contributed by atoms with E-state index in [2.05, 4.69) is 20.8 Å². The van der Waals surface area contributed by atoms with Crippen LogP contribution < -0.4 is 24.0 Å². The summed E-state index contributed by atoms with van der Waals surface area (Å²) in [5.41, 5.74) is 0. The van der Waals surface area contributed by atoms with Crippen molar-refractivity contribution in [2.24, 2.45) is 0 Å². The lowest BCUT2D eigenvalue weighted by atomic mass is 10.1. The molecule has 0 atom stereocenters. The van der Waals surface area contributed by atoms with Gasteiger partial charge < -0.3 is 28.5 Å². The van der Waals surface area contributed by atoms with E-state index in [1.165, 1.54) is 69.2 Å². The SMILES string of the molecule is CCCC[N+](CCCl)(CCCC)CCCC.[I-]. The second-order valence-electron chi connectivity index (χ2n) is 4.99. The fourth-order valence-electron chi connectivity index (χ4n) is 2.33. The maximum absolute atomic E-state index is 6.01. The Kier molecular flexibility index (Phi) is 16.0. The molecule has 0 N–H and O–H groups in total. The molecule has 0 aromatic carbocycles. The Morgan fingerprint density at radius 2 is 1.06 bits per heavy atom. The number of hydrogen-bond acceptors (Lipinski definition) is 0. The summed E-state index contributed by atoms with van der Waals surface area (Å²) >= 11 is 6.01. The molecule has 0 heterocycles. The molecular weight excluding hydrogens is 345 g/mol. The van der Waals surface area contributed by atoms with Crippen LogP contribution in [0.5, 0.6) is 0 Å². The monoisotopic (exact) mass is 375 g/mol. The third-order valence-corrected chi connectivity index (χ3v) is 3.69. The van der Waals surface area contributed by atoms with Crippen LogP contribution >= 0.6 is 11.6 Å². The number of alkyl halides is 1. The van der Waals surface area contributed by atoms with Crippen molar-refractivity contribution in [2.45, 2.75) is 59.3 Å². The van der Waals surface area contributed by atoms with Gasteiger partial charge in [-0.15, -0.1) is 11.6 Å². The zero-order chi connectivity index (χ0) is 12.3. The van der Waals surface area contributed by atoms with Crippen LogP contribution in [0.3, 0.4) is 0 Å². The largest absolute Gasteiger partial charge is 1.00 e. The van der Waals surface area contributed by atoms with Gasteiger partial charge in [0.25, 0.3) is 0 Å². The van der Waals surface area contributed by atoms with E-state index in [9.17, 15) is 0 Å². The predicted octanol–water partition coefficient (Wildman–Crippen LogP) is 1.45. The molecule has 0 aromatic heterocycles. The summed E-state index contributed by atoms with van der Waals surface area (Å²) in [6, 6.07) is 0. The first-order valence-electron chi connectivity index (χ1n) is 7.15. The van der Waals surface area contributed by atoms with Crippen LogP contribution in [0.15, 0.2) is 0 Å². The second-order valence-corrected chi connectivity index (χ2v) is 5.36. The van der Waals surface area contributed by atoms with Crippen molar-refractivity contribution in [3.63, 3.8) is 0 Å².